The van der Waals surface area contributed by atoms with Gasteiger partial charge in [-0.25, -0.2) is 18.7 Å². The Labute approximate surface area is 126 Å². The molecule has 0 spiro atoms. The van der Waals surface area contributed by atoms with Crippen molar-refractivity contribution in [3.8, 4) is 0 Å². The number of hydrogen-bond donors (Lipinski definition) is 1. The van der Waals surface area contributed by atoms with E-state index in [2.05, 4.69) is 28.3 Å². The van der Waals surface area contributed by atoms with E-state index in [0.717, 1.165) is 29.0 Å². The van der Waals surface area contributed by atoms with Crippen LogP contribution < -0.4 is 5.32 Å². The average molecular weight is 315 g/mol. The molecule has 2 aromatic rings. The first-order valence-corrected chi connectivity index (χ1v) is 7.78. The van der Waals surface area contributed by atoms with Gasteiger partial charge in [0.15, 0.2) is 0 Å². The van der Waals surface area contributed by atoms with E-state index in [4.69, 9.17) is 4.74 Å². The fraction of sp³-hybridized carbons (Fsp3) is 0.571. The van der Waals surface area contributed by atoms with E-state index >= 15 is 0 Å². The average Bonchev–Trinajstić information content (AvgIpc) is 2.81. The summed E-state index contributed by atoms with van der Waals surface area (Å²) in [6.07, 6.45) is -1.00. The van der Waals surface area contributed by atoms with Crippen molar-refractivity contribution in [3.05, 3.63) is 16.8 Å². The van der Waals surface area contributed by atoms with Gasteiger partial charge in [0, 0.05) is 17.8 Å². The van der Waals surface area contributed by atoms with Crippen LogP contribution >= 0.6 is 11.3 Å². The molecule has 0 radical (unpaired) electrons. The zero-order chi connectivity index (χ0) is 15.2. The number of anilines is 1. The van der Waals surface area contributed by atoms with Crippen molar-refractivity contribution >= 4 is 27.4 Å². The Balaban J connectivity index is 2.12. The third kappa shape index (κ3) is 4.57. The zero-order valence-electron chi connectivity index (χ0n) is 12.2. The monoisotopic (exact) mass is 315 g/mol. The van der Waals surface area contributed by atoms with Gasteiger partial charge in [-0.15, -0.1) is 11.3 Å². The summed E-state index contributed by atoms with van der Waals surface area (Å²) in [6.45, 7) is 4.61. The van der Waals surface area contributed by atoms with Gasteiger partial charge in [-0.1, -0.05) is 6.92 Å². The van der Waals surface area contributed by atoms with E-state index in [-0.39, 0.29) is 6.61 Å². The number of nitrogens with zero attached hydrogens (tertiary/aromatic N) is 2. The number of alkyl halides is 2. The maximum atomic E-state index is 12.0. The van der Waals surface area contributed by atoms with Crippen LogP contribution in [0.25, 0.3) is 10.2 Å². The second-order valence-electron chi connectivity index (χ2n) is 4.71. The third-order valence-corrected chi connectivity index (χ3v) is 3.76. The maximum absolute atomic E-state index is 12.0. The molecule has 116 valence electrons. The number of halogens is 2. The van der Waals surface area contributed by atoms with Crippen molar-refractivity contribution in [3.63, 3.8) is 0 Å². The molecule has 0 saturated heterocycles. The molecule has 2 aromatic heterocycles. The molecule has 0 aliphatic rings. The fourth-order valence-electron chi connectivity index (χ4n) is 1.91. The molecule has 0 aromatic carbocycles. The molecule has 1 N–H and O–H groups in total. The van der Waals surface area contributed by atoms with Gasteiger partial charge in [-0.2, -0.15) is 0 Å². The molecule has 0 saturated carbocycles. The van der Waals surface area contributed by atoms with Gasteiger partial charge in [0.1, 0.15) is 23.1 Å². The van der Waals surface area contributed by atoms with E-state index in [1.165, 1.54) is 4.88 Å². The second kappa shape index (κ2) is 7.61. The fourth-order valence-corrected chi connectivity index (χ4v) is 2.81. The van der Waals surface area contributed by atoms with Crippen LogP contribution in [0.5, 0.6) is 0 Å². The lowest BCUT2D eigenvalue weighted by atomic mass is 10.3. The summed E-state index contributed by atoms with van der Waals surface area (Å²) in [5.74, 6) is 1.44. The number of ether oxygens (including phenoxy) is 1. The first-order chi connectivity index (χ1) is 10.1. The molecule has 0 unspecified atom stereocenters. The molecular formula is C14H19F2N3OS. The van der Waals surface area contributed by atoms with Gasteiger partial charge in [0.2, 0.25) is 0 Å². The largest absolute Gasteiger partial charge is 0.375 e. The van der Waals surface area contributed by atoms with Gasteiger partial charge in [-0.05, 0) is 19.4 Å². The van der Waals surface area contributed by atoms with E-state index in [1.807, 2.05) is 6.92 Å². The van der Waals surface area contributed by atoms with Gasteiger partial charge >= 0.3 is 0 Å². The minimum absolute atomic E-state index is 0.202. The van der Waals surface area contributed by atoms with E-state index < -0.39 is 13.0 Å². The summed E-state index contributed by atoms with van der Waals surface area (Å²) >= 11 is 1.61. The SMILES string of the molecule is CCCNc1nc(CCOCC(F)F)nc2sc(C)cc12. The molecule has 4 nitrogen and oxygen atoms in total. The normalized spacial score (nSPS) is 11.5. The molecular weight excluding hydrogens is 296 g/mol. The Morgan fingerprint density at radius 2 is 2.19 bits per heavy atom. The standard InChI is InChI=1S/C14H19F2N3OS/c1-3-5-17-13-10-7-9(2)21-14(10)19-12(18-13)4-6-20-8-11(15)16/h7,11H,3-6,8H2,1-2H3,(H,17,18,19). The number of nitrogens with one attached hydrogen (secondary N) is 1. The lowest BCUT2D eigenvalue weighted by molar-refractivity contribution is 0.0183. The van der Waals surface area contributed by atoms with Crippen LogP contribution in [0.1, 0.15) is 24.0 Å². The molecule has 7 heteroatoms. The van der Waals surface area contributed by atoms with Crippen molar-refractivity contribution in [1.82, 2.24) is 9.97 Å². The van der Waals surface area contributed by atoms with Crippen LogP contribution in [0.2, 0.25) is 0 Å². The summed E-state index contributed by atoms with van der Waals surface area (Å²) in [7, 11) is 0. The number of hydrogen-bond acceptors (Lipinski definition) is 5. The molecule has 0 aliphatic carbocycles. The number of aryl methyl sites for hydroxylation is 1. The molecule has 0 atom stereocenters. The molecule has 21 heavy (non-hydrogen) atoms. The highest BCUT2D eigenvalue weighted by molar-refractivity contribution is 7.18. The molecule has 0 fully saturated rings. The molecule has 0 amide bonds. The van der Waals surface area contributed by atoms with Gasteiger partial charge in [0.25, 0.3) is 6.43 Å². The summed E-state index contributed by atoms with van der Waals surface area (Å²) in [4.78, 5) is 11.1. The summed E-state index contributed by atoms with van der Waals surface area (Å²) in [5.41, 5.74) is 0. The lowest BCUT2D eigenvalue weighted by Gasteiger charge is -2.08. The van der Waals surface area contributed by atoms with Crippen LogP contribution in [0.4, 0.5) is 14.6 Å². The van der Waals surface area contributed by atoms with Crippen molar-refractivity contribution in [2.45, 2.75) is 33.1 Å². The van der Waals surface area contributed by atoms with Crippen molar-refractivity contribution in [1.29, 1.82) is 0 Å². The summed E-state index contributed by atoms with van der Waals surface area (Å²) < 4.78 is 28.9. The van der Waals surface area contributed by atoms with Crippen molar-refractivity contribution in [2.24, 2.45) is 0 Å². The molecule has 2 heterocycles. The number of thiophene rings is 1. The highest BCUT2D eigenvalue weighted by Crippen LogP contribution is 2.28. The highest BCUT2D eigenvalue weighted by Gasteiger charge is 2.10. The van der Waals surface area contributed by atoms with E-state index in [0.29, 0.717) is 12.2 Å². The van der Waals surface area contributed by atoms with Crippen LogP contribution in [0.3, 0.4) is 0 Å². The summed E-state index contributed by atoms with van der Waals surface area (Å²) in [6, 6.07) is 2.06. The minimum Gasteiger partial charge on any atom is -0.375 e. The Hall–Kier alpha value is -1.34. The number of rotatable bonds is 8. The zero-order valence-corrected chi connectivity index (χ0v) is 13.0. The third-order valence-electron chi connectivity index (χ3n) is 2.82. The van der Waals surface area contributed by atoms with Crippen LogP contribution in [0.15, 0.2) is 6.07 Å². The second-order valence-corrected chi connectivity index (χ2v) is 5.94. The van der Waals surface area contributed by atoms with Crippen molar-refractivity contribution < 1.29 is 13.5 Å². The van der Waals surface area contributed by atoms with Gasteiger partial charge in [0.05, 0.1) is 12.0 Å². The first-order valence-electron chi connectivity index (χ1n) is 6.97. The van der Waals surface area contributed by atoms with E-state index in [9.17, 15) is 8.78 Å². The van der Waals surface area contributed by atoms with Gasteiger partial charge in [-0.3, -0.25) is 0 Å². The lowest BCUT2D eigenvalue weighted by Crippen LogP contribution is -2.10. The minimum atomic E-state index is -2.44. The van der Waals surface area contributed by atoms with Crippen LogP contribution in [-0.2, 0) is 11.2 Å². The van der Waals surface area contributed by atoms with Crippen LogP contribution in [0, 0.1) is 6.92 Å². The van der Waals surface area contributed by atoms with Crippen LogP contribution in [-0.4, -0.2) is 36.2 Å². The Bertz CT molecular complexity index is 589. The quantitative estimate of drug-likeness (QED) is 0.755. The first kappa shape index (κ1) is 16.0. The smallest absolute Gasteiger partial charge is 0.261 e. The Morgan fingerprint density at radius 1 is 1.38 bits per heavy atom. The predicted molar refractivity (Wildman–Crippen MR) is 81.5 cm³/mol. The van der Waals surface area contributed by atoms with Gasteiger partial charge < -0.3 is 10.1 Å². The summed E-state index contributed by atoms with van der Waals surface area (Å²) in [5, 5.41) is 4.31. The highest BCUT2D eigenvalue weighted by atomic mass is 32.1. The number of fused-ring (bicyclic) bond motifs is 1. The predicted octanol–water partition coefficient (Wildman–Crippen LogP) is 3.65. The molecule has 0 bridgehead atoms. The number of aromatic nitrogens is 2. The van der Waals surface area contributed by atoms with Crippen molar-refractivity contribution in [2.75, 3.05) is 25.1 Å². The topological polar surface area (TPSA) is 47.0 Å². The Morgan fingerprint density at radius 3 is 2.90 bits per heavy atom. The Kier molecular flexibility index (Phi) is 5.81. The molecule has 0 aliphatic heterocycles. The molecule has 2 rings (SSSR count). The van der Waals surface area contributed by atoms with E-state index in [1.54, 1.807) is 11.3 Å². The maximum Gasteiger partial charge on any atom is 0.261 e.